The van der Waals surface area contributed by atoms with Gasteiger partial charge >= 0.3 is 0 Å². The van der Waals surface area contributed by atoms with Crippen LogP contribution in [0.4, 0.5) is 0 Å². The minimum Gasteiger partial charge on any atom is -0.479 e. The second-order valence-electron chi connectivity index (χ2n) is 3.11. The van der Waals surface area contributed by atoms with Gasteiger partial charge in [0.05, 0.1) is 7.11 Å². The number of ketones is 1. The summed E-state index contributed by atoms with van der Waals surface area (Å²) in [6, 6.07) is 0. The van der Waals surface area contributed by atoms with Crippen molar-refractivity contribution in [2.24, 2.45) is 7.05 Å². The summed E-state index contributed by atoms with van der Waals surface area (Å²) in [7, 11) is 3.18. The number of carbonyl (C=O) groups excluding carboxylic acids is 1. The fourth-order valence-electron chi connectivity index (χ4n) is 1.32. The van der Waals surface area contributed by atoms with Crippen LogP contribution in [-0.4, -0.2) is 32.4 Å². The lowest BCUT2D eigenvalue weighted by molar-refractivity contribution is 0.101. The highest BCUT2D eigenvalue weighted by atomic mass is 16.5. The van der Waals surface area contributed by atoms with Gasteiger partial charge in [-0.25, -0.2) is 15.0 Å². The molecular weight excluding hydrogens is 208 g/mol. The standard InChI is InChI=1S/C10H10N4O2/c1-14-6-5-12-9(14)8(15)7-10(16-2)13-4-3-11-7/h3-6H,1-2H3. The summed E-state index contributed by atoms with van der Waals surface area (Å²) in [6.07, 6.45) is 6.15. The third-order valence-electron chi connectivity index (χ3n) is 2.10. The second kappa shape index (κ2) is 4.09. The van der Waals surface area contributed by atoms with Gasteiger partial charge in [-0.2, -0.15) is 0 Å². The number of methoxy groups -OCH3 is 1. The lowest BCUT2D eigenvalue weighted by Crippen LogP contribution is -2.12. The smallest absolute Gasteiger partial charge is 0.252 e. The van der Waals surface area contributed by atoms with Gasteiger partial charge in [0, 0.05) is 31.8 Å². The van der Waals surface area contributed by atoms with Crippen LogP contribution in [0.25, 0.3) is 0 Å². The summed E-state index contributed by atoms with van der Waals surface area (Å²) in [6.45, 7) is 0. The average molecular weight is 218 g/mol. The second-order valence-corrected chi connectivity index (χ2v) is 3.11. The summed E-state index contributed by atoms with van der Waals surface area (Å²) in [5, 5.41) is 0. The molecule has 0 spiro atoms. The molecule has 2 aromatic heterocycles. The van der Waals surface area contributed by atoms with E-state index in [-0.39, 0.29) is 17.4 Å². The van der Waals surface area contributed by atoms with Crippen molar-refractivity contribution in [3.05, 3.63) is 36.3 Å². The van der Waals surface area contributed by atoms with Gasteiger partial charge in [-0.1, -0.05) is 0 Å². The molecule has 6 heteroatoms. The number of nitrogens with zero attached hydrogens (tertiary/aromatic N) is 4. The molecule has 0 saturated carbocycles. The first-order valence-corrected chi connectivity index (χ1v) is 4.61. The van der Waals surface area contributed by atoms with Crippen molar-refractivity contribution in [2.75, 3.05) is 7.11 Å². The Kier molecular flexibility index (Phi) is 2.63. The third kappa shape index (κ3) is 1.65. The van der Waals surface area contributed by atoms with Crippen molar-refractivity contribution < 1.29 is 9.53 Å². The Balaban J connectivity index is 2.46. The monoisotopic (exact) mass is 218 g/mol. The minimum absolute atomic E-state index is 0.166. The molecule has 2 heterocycles. The van der Waals surface area contributed by atoms with Gasteiger partial charge < -0.3 is 9.30 Å². The Labute approximate surface area is 91.9 Å². The van der Waals surface area contributed by atoms with E-state index in [0.29, 0.717) is 5.82 Å². The highest BCUT2D eigenvalue weighted by Gasteiger charge is 2.20. The van der Waals surface area contributed by atoms with E-state index in [9.17, 15) is 4.79 Å². The van der Waals surface area contributed by atoms with Crippen molar-refractivity contribution in [3.8, 4) is 5.88 Å². The van der Waals surface area contributed by atoms with Crippen LogP contribution < -0.4 is 4.74 Å². The number of hydrogen-bond acceptors (Lipinski definition) is 5. The zero-order valence-electron chi connectivity index (χ0n) is 8.91. The van der Waals surface area contributed by atoms with Crippen LogP contribution in [-0.2, 0) is 7.05 Å². The molecule has 2 rings (SSSR count). The lowest BCUT2D eigenvalue weighted by atomic mass is 10.2. The van der Waals surface area contributed by atoms with Gasteiger partial charge in [0.1, 0.15) is 0 Å². The van der Waals surface area contributed by atoms with Crippen molar-refractivity contribution in [1.29, 1.82) is 0 Å². The van der Waals surface area contributed by atoms with Gasteiger partial charge in [0.25, 0.3) is 5.78 Å². The molecule has 0 amide bonds. The van der Waals surface area contributed by atoms with E-state index in [0.717, 1.165) is 0 Å². The molecule has 16 heavy (non-hydrogen) atoms. The van der Waals surface area contributed by atoms with E-state index < -0.39 is 0 Å². The van der Waals surface area contributed by atoms with Crippen molar-refractivity contribution in [1.82, 2.24) is 19.5 Å². The van der Waals surface area contributed by atoms with Crippen molar-refractivity contribution in [3.63, 3.8) is 0 Å². The predicted octanol–water partition coefficient (Wildman–Crippen LogP) is 0.450. The molecule has 6 nitrogen and oxygen atoms in total. The van der Waals surface area contributed by atoms with E-state index in [1.165, 1.54) is 19.5 Å². The highest BCUT2D eigenvalue weighted by Crippen LogP contribution is 2.14. The van der Waals surface area contributed by atoms with E-state index in [2.05, 4.69) is 15.0 Å². The Hall–Kier alpha value is -2.24. The first-order valence-electron chi connectivity index (χ1n) is 4.61. The molecule has 0 radical (unpaired) electrons. The number of imidazole rings is 1. The molecule has 0 unspecified atom stereocenters. The summed E-state index contributed by atoms with van der Waals surface area (Å²) in [5.74, 6) is 0.201. The number of carbonyl (C=O) groups is 1. The molecule has 0 aliphatic rings. The van der Waals surface area contributed by atoms with Gasteiger partial charge in [-0.05, 0) is 0 Å². The Morgan fingerprint density at radius 2 is 2.00 bits per heavy atom. The van der Waals surface area contributed by atoms with Gasteiger partial charge in [-0.15, -0.1) is 0 Å². The highest BCUT2D eigenvalue weighted by molar-refractivity contribution is 6.06. The Morgan fingerprint density at radius 1 is 1.25 bits per heavy atom. The number of rotatable bonds is 3. The maximum absolute atomic E-state index is 12.0. The number of aromatic nitrogens is 4. The molecule has 0 fully saturated rings. The van der Waals surface area contributed by atoms with Crippen LogP contribution in [0.2, 0.25) is 0 Å². The number of ether oxygens (including phenoxy) is 1. The first kappa shape index (κ1) is 10.3. The maximum atomic E-state index is 12.0. The molecule has 0 atom stereocenters. The van der Waals surface area contributed by atoms with Crippen LogP contribution in [0, 0.1) is 0 Å². The Morgan fingerprint density at radius 3 is 2.62 bits per heavy atom. The zero-order valence-corrected chi connectivity index (χ0v) is 8.91. The molecule has 0 bridgehead atoms. The van der Waals surface area contributed by atoms with Gasteiger partial charge in [0.15, 0.2) is 11.5 Å². The summed E-state index contributed by atoms with van der Waals surface area (Å²) in [4.78, 5) is 23.9. The van der Waals surface area contributed by atoms with E-state index in [1.807, 2.05) is 0 Å². The number of hydrogen-bond donors (Lipinski definition) is 0. The molecule has 0 N–H and O–H groups in total. The summed E-state index contributed by atoms with van der Waals surface area (Å²) >= 11 is 0. The van der Waals surface area contributed by atoms with E-state index in [4.69, 9.17) is 4.74 Å². The Bertz CT molecular complexity index is 521. The molecule has 0 aliphatic carbocycles. The quantitative estimate of drug-likeness (QED) is 0.699. The first-order chi connectivity index (χ1) is 7.74. The normalized spacial score (nSPS) is 10.1. The van der Waals surface area contributed by atoms with E-state index in [1.54, 1.807) is 24.0 Å². The average Bonchev–Trinajstić information content (AvgIpc) is 2.74. The van der Waals surface area contributed by atoms with E-state index >= 15 is 0 Å². The largest absolute Gasteiger partial charge is 0.479 e. The molecule has 0 saturated heterocycles. The van der Waals surface area contributed by atoms with Gasteiger partial charge in [-0.3, -0.25) is 4.79 Å². The van der Waals surface area contributed by atoms with Gasteiger partial charge in [0.2, 0.25) is 5.88 Å². The minimum atomic E-state index is -0.308. The van der Waals surface area contributed by atoms with Crippen LogP contribution in [0.1, 0.15) is 16.3 Å². The SMILES string of the molecule is COc1nccnc1C(=O)c1nccn1C. The predicted molar refractivity (Wildman–Crippen MR) is 55.2 cm³/mol. The molecule has 0 aromatic carbocycles. The molecule has 82 valence electrons. The summed E-state index contributed by atoms with van der Waals surface area (Å²) in [5.41, 5.74) is 0.166. The van der Waals surface area contributed by atoms with Crippen LogP contribution in [0.3, 0.4) is 0 Å². The lowest BCUT2D eigenvalue weighted by Gasteiger charge is -2.04. The van der Waals surface area contributed by atoms with Crippen LogP contribution in [0.15, 0.2) is 24.8 Å². The van der Waals surface area contributed by atoms with Crippen LogP contribution >= 0.6 is 0 Å². The number of aryl methyl sites for hydroxylation is 1. The molecule has 2 aromatic rings. The topological polar surface area (TPSA) is 69.9 Å². The maximum Gasteiger partial charge on any atom is 0.252 e. The van der Waals surface area contributed by atoms with Crippen LogP contribution in [0.5, 0.6) is 5.88 Å². The molecule has 0 aliphatic heterocycles. The third-order valence-corrected chi connectivity index (χ3v) is 2.10. The molecular formula is C10H10N4O2. The summed E-state index contributed by atoms with van der Waals surface area (Å²) < 4.78 is 6.59. The van der Waals surface area contributed by atoms with Crippen molar-refractivity contribution in [2.45, 2.75) is 0 Å². The fourth-order valence-corrected chi connectivity index (χ4v) is 1.32. The zero-order chi connectivity index (χ0) is 11.5. The fraction of sp³-hybridized carbons (Fsp3) is 0.200. The van der Waals surface area contributed by atoms with Crippen molar-refractivity contribution >= 4 is 5.78 Å².